The van der Waals surface area contributed by atoms with Gasteiger partial charge in [0.1, 0.15) is 5.15 Å². The molecule has 0 aromatic carbocycles. The molecular formula is C8H9BrClN. The van der Waals surface area contributed by atoms with Gasteiger partial charge in [-0.15, -0.1) is 0 Å². The summed E-state index contributed by atoms with van der Waals surface area (Å²) >= 11 is 9.00. The molecule has 60 valence electrons. The van der Waals surface area contributed by atoms with Crippen molar-refractivity contribution >= 4 is 27.5 Å². The summed E-state index contributed by atoms with van der Waals surface area (Å²) < 4.78 is 0. The first-order valence-electron chi connectivity index (χ1n) is 3.49. The molecule has 1 aromatic rings. The molecule has 0 saturated carbocycles. The first kappa shape index (κ1) is 9.01. The van der Waals surface area contributed by atoms with Crippen LogP contribution in [-0.2, 0) is 6.42 Å². The monoisotopic (exact) mass is 233 g/mol. The Morgan fingerprint density at radius 2 is 2.27 bits per heavy atom. The minimum Gasteiger partial charge on any atom is -0.244 e. The number of hydrogen-bond donors (Lipinski definition) is 0. The molecular weight excluding hydrogens is 225 g/mol. The van der Waals surface area contributed by atoms with E-state index in [0.717, 1.165) is 18.2 Å². The standard InChI is InChI=1S/C8H9BrClN/c9-5-1-2-7-3-4-8(10)11-6-7/h3-4,6H,1-2,5H2. The lowest BCUT2D eigenvalue weighted by molar-refractivity contribution is 0.930. The van der Waals surface area contributed by atoms with Crippen LogP contribution in [0.15, 0.2) is 18.3 Å². The lowest BCUT2D eigenvalue weighted by Gasteiger charge is -1.96. The van der Waals surface area contributed by atoms with E-state index >= 15 is 0 Å². The highest BCUT2D eigenvalue weighted by Gasteiger charge is 1.92. The van der Waals surface area contributed by atoms with Crippen molar-refractivity contribution in [3.05, 3.63) is 29.0 Å². The van der Waals surface area contributed by atoms with Gasteiger partial charge in [0.05, 0.1) is 0 Å². The predicted molar refractivity (Wildman–Crippen MR) is 51.4 cm³/mol. The Morgan fingerprint density at radius 3 is 2.82 bits per heavy atom. The van der Waals surface area contributed by atoms with E-state index in [-0.39, 0.29) is 0 Å². The fraction of sp³-hybridized carbons (Fsp3) is 0.375. The van der Waals surface area contributed by atoms with Crippen LogP contribution in [0.25, 0.3) is 0 Å². The number of rotatable bonds is 3. The molecule has 0 bridgehead atoms. The molecule has 0 atom stereocenters. The third kappa shape index (κ3) is 3.21. The third-order valence-corrected chi connectivity index (χ3v) is 2.17. The Hall–Kier alpha value is -0.0800. The molecule has 0 aliphatic heterocycles. The number of pyridine rings is 1. The first-order valence-corrected chi connectivity index (χ1v) is 4.99. The molecule has 0 N–H and O–H groups in total. The summed E-state index contributed by atoms with van der Waals surface area (Å²) in [6.07, 6.45) is 4.03. The lowest BCUT2D eigenvalue weighted by Crippen LogP contribution is -1.86. The van der Waals surface area contributed by atoms with Crippen molar-refractivity contribution in [2.45, 2.75) is 12.8 Å². The fourth-order valence-electron chi connectivity index (χ4n) is 0.825. The van der Waals surface area contributed by atoms with Gasteiger partial charge in [-0.05, 0) is 24.5 Å². The predicted octanol–water partition coefficient (Wildman–Crippen LogP) is 3.06. The Bertz CT molecular complexity index is 210. The van der Waals surface area contributed by atoms with Crippen molar-refractivity contribution < 1.29 is 0 Å². The van der Waals surface area contributed by atoms with E-state index in [4.69, 9.17) is 11.6 Å². The number of nitrogens with zero attached hydrogens (tertiary/aromatic N) is 1. The van der Waals surface area contributed by atoms with E-state index in [9.17, 15) is 0 Å². The summed E-state index contributed by atoms with van der Waals surface area (Å²) in [5.41, 5.74) is 1.24. The van der Waals surface area contributed by atoms with Gasteiger partial charge in [0, 0.05) is 11.5 Å². The topological polar surface area (TPSA) is 12.9 Å². The zero-order valence-corrected chi connectivity index (χ0v) is 8.40. The van der Waals surface area contributed by atoms with Gasteiger partial charge in [-0.1, -0.05) is 33.6 Å². The van der Waals surface area contributed by atoms with Gasteiger partial charge in [0.25, 0.3) is 0 Å². The van der Waals surface area contributed by atoms with E-state index in [1.165, 1.54) is 5.56 Å². The van der Waals surface area contributed by atoms with Gasteiger partial charge < -0.3 is 0 Å². The molecule has 3 heteroatoms. The van der Waals surface area contributed by atoms with Crippen molar-refractivity contribution in [3.8, 4) is 0 Å². The van der Waals surface area contributed by atoms with Crippen LogP contribution in [0.4, 0.5) is 0 Å². The number of alkyl halides is 1. The largest absolute Gasteiger partial charge is 0.244 e. The van der Waals surface area contributed by atoms with Gasteiger partial charge >= 0.3 is 0 Å². The Morgan fingerprint density at radius 1 is 1.45 bits per heavy atom. The molecule has 11 heavy (non-hydrogen) atoms. The van der Waals surface area contributed by atoms with Crippen LogP contribution >= 0.6 is 27.5 Å². The third-order valence-electron chi connectivity index (χ3n) is 1.39. The molecule has 1 aromatic heterocycles. The summed E-state index contributed by atoms with van der Waals surface area (Å²) in [7, 11) is 0. The van der Waals surface area contributed by atoms with E-state index in [2.05, 4.69) is 20.9 Å². The molecule has 0 radical (unpaired) electrons. The van der Waals surface area contributed by atoms with Crippen molar-refractivity contribution in [1.29, 1.82) is 0 Å². The molecule has 0 spiro atoms. The maximum atomic E-state index is 5.63. The Labute approximate surface area is 79.9 Å². The second kappa shape index (κ2) is 4.73. The van der Waals surface area contributed by atoms with Crippen molar-refractivity contribution in [2.75, 3.05) is 5.33 Å². The van der Waals surface area contributed by atoms with Crippen LogP contribution < -0.4 is 0 Å². The van der Waals surface area contributed by atoms with E-state index < -0.39 is 0 Å². The summed E-state index contributed by atoms with van der Waals surface area (Å²) in [6, 6.07) is 3.84. The summed E-state index contributed by atoms with van der Waals surface area (Å²) in [4.78, 5) is 3.98. The van der Waals surface area contributed by atoms with Gasteiger partial charge in [0.15, 0.2) is 0 Å². The van der Waals surface area contributed by atoms with Gasteiger partial charge in [-0.2, -0.15) is 0 Å². The smallest absolute Gasteiger partial charge is 0.129 e. The molecule has 0 fully saturated rings. The van der Waals surface area contributed by atoms with Gasteiger partial charge in [0.2, 0.25) is 0 Å². The van der Waals surface area contributed by atoms with Crippen LogP contribution in [0.5, 0.6) is 0 Å². The second-order valence-corrected chi connectivity index (χ2v) is 3.46. The number of hydrogen-bond acceptors (Lipinski definition) is 1. The molecule has 0 amide bonds. The van der Waals surface area contributed by atoms with Crippen LogP contribution in [0.2, 0.25) is 5.15 Å². The maximum absolute atomic E-state index is 5.63. The normalized spacial score (nSPS) is 10.0. The van der Waals surface area contributed by atoms with E-state index in [1.54, 1.807) is 0 Å². The highest BCUT2D eigenvalue weighted by Crippen LogP contribution is 2.07. The minimum absolute atomic E-state index is 0.563. The molecule has 0 unspecified atom stereocenters. The van der Waals surface area contributed by atoms with E-state index in [1.807, 2.05) is 18.3 Å². The molecule has 0 aliphatic rings. The maximum Gasteiger partial charge on any atom is 0.129 e. The summed E-state index contributed by atoms with van der Waals surface area (Å²) in [5.74, 6) is 0. The fourth-order valence-corrected chi connectivity index (χ4v) is 1.22. The summed E-state index contributed by atoms with van der Waals surface area (Å²) in [6.45, 7) is 0. The Balaban J connectivity index is 2.52. The van der Waals surface area contributed by atoms with Crippen LogP contribution in [0.1, 0.15) is 12.0 Å². The molecule has 0 saturated heterocycles. The number of aromatic nitrogens is 1. The zero-order valence-electron chi connectivity index (χ0n) is 6.06. The molecule has 1 rings (SSSR count). The number of aryl methyl sites for hydroxylation is 1. The first-order chi connectivity index (χ1) is 5.33. The quantitative estimate of drug-likeness (QED) is 0.579. The number of halogens is 2. The minimum atomic E-state index is 0.563. The average molecular weight is 235 g/mol. The lowest BCUT2D eigenvalue weighted by atomic mass is 10.2. The van der Waals surface area contributed by atoms with Crippen LogP contribution in [0.3, 0.4) is 0 Å². The molecule has 1 nitrogen and oxygen atoms in total. The Kier molecular flexibility index (Phi) is 3.87. The van der Waals surface area contributed by atoms with Gasteiger partial charge in [-0.25, -0.2) is 4.98 Å². The SMILES string of the molecule is Clc1ccc(CCCBr)cn1. The van der Waals surface area contributed by atoms with Crippen molar-refractivity contribution in [1.82, 2.24) is 4.98 Å². The second-order valence-electron chi connectivity index (χ2n) is 2.28. The van der Waals surface area contributed by atoms with Crippen LogP contribution in [-0.4, -0.2) is 10.3 Å². The molecule has 1 heterocycles. The highest BCUT2D eigenvalue weighted by atomic mass is 79.9. The summed E-state index contributed by atoms with van der Waals surface area (Å²) in [5, 5.41) is 1.60. The van der Waals surface area contributed by atoms with Crippen LogP contribution in [0, 0.1) is 0 Å². The molecule has 0 aliphatic carbocycles. The van der Waals surface area contributed by atoms with Crippen molar-refractivity contribution in [3.63, 3.8) is 0 Å². The van der Waals surface area contributed by atoms with E-state index in [0.29, 0.717) is 5.15 Å². The van der Waals surface area contributed by atoms with Crippen molar-refractivity contribution in [2.24, 2.45) is 0 Å². The van der Waals surface area contributed by atoms with Gasteiger partial charge in [-0.3, -0.25) is 0 Å². The average Bonchev–Trinajstić information content (AvgIpc) is 2.04. The zero-order chi connectivity index (χ0) is 8.10. The highest BCUT2D eigenvalue weighted by molar-refractivity contribution is 9.09.